The van der Waals surface area contributed by atoms with Gasteiger partial charge in [0.05, 0.1) is 18.0 Å². The van der Waals surface area contributed by atoms with E-state index in [2.05, 4.69) is 66.7 Å². The number of hydrogen-bond acceptors (Lipinski definition) is 5. The molecule has 2 atom stereocenters. The van der Waals surface area contributed by atoms with Gasteiger partial charge in [0.25, 0.3) is 5.91 Å². The zero-order valence-electron chi connectivity index (χ0n) is 24.3. The fourth-order valence-electron chi connectivity index (χ4n) is 5.97. The minimum absolute atomic E-state index is 0.0135. The number of anilines is 2. The molecular weight excluding hydrogens is 496 g/mol. The number of rotatable bonds is 11. The average molecular weight is 541 g/mol. The van der Waals surface area contributed by atoms with E-state index in [1.165, 1.54) is 11.3 Å². The molecule has 1 aliphatic carbocycles. The van der Waals surface area contributed by atoms with E-state index in [-0.39, 0.29) is 5.91 Å². The van der Waals surface area contributed by atoms with Crippen molar-refractivity contribution in [2.75, 3.05) is 43.0 Å². The van der Waals surface area contributed by atoms with E-state index in [0.29, 0.717) is 30.7 Å². The Labute approximate surface area is 239 Å². The van der Waals surface area contributed by atoms with Crippen molar-refractivity contribution < 1.29 is 9.53 Å². The summed E-state index contributed by atoms with van der Waals surface area (Å²) in [6.45, 7) is 11.2. The smallest absolute Gasteiger partial charge is 0.258 e. The van der Waals surface area contributed by atoms with Gasteiger partial charge < -0.3 is 25.2 Å². The van der Waals surface area contributed by atoms with Crippen molar-refractivity contribution in [3.05, 3.63) is 83.7 Å². The highest BCUT2D eigenvalue weighted by Gasteiger charge is 2.27. The van der Waals surface area contributed by atoms with Gasteiger partial charge in [0.2, 0.25) is 0 Å². The van der Waals surface area contributed by atoms with E-state index in [1.54, 1.807) is 0 Å². The van der Waals surface area contributed by atoms with Crippen LogP contribution in [-0.2, 0) is 0 Å². The predicted octanol–water partition coefficient (Wildman–Crippen LogP) is 6.83. The Balaban J connectivity index is 1.39. The van der Waals surface area contributed by atoms with Gasteiger partial charge in [-0.2, -0.15) is 0 Å². The Kier molecular flexibility index (Phi) is 9.27. The Bertz CT molecular complexity index is 1270. The van der Waals surface area contributed by atoms with Crippen molar-refractivity contribution >= 4 is 22.9 Å². The molecule has 212 valence electrons. The minimum Gasteiger partial charge on any atom is -0.493 e. The van der Waals surface area contributed by atoms with Gasteiger partial charge in [0.15, 0.2) is 0 Å². The van der Waals surface area contributed by atoms with Crippen molar-refractivity contribution in [2.45, 2.75) is 58.9 Å². The quantitative estimate of drug-likeness (QED) is 0.306. The SMILES string of the molecule is CCCN(CCC)CCCOc1cc(C(=O)N2CC[C@H](C)Nc3ccccc32)ccc1C1=CC=C2NC=CC2C1. The summed E-state index contributed by atoms with van der Waals surface area (Å²) in [4.78, 5) is 18.4. The predicted molar refractivity (Wildman–Crippen MR) is 166 cm³/mol. The zero-order valence-corrected chi connectivity index (χ0v) is 24.3. The molecule has 0 bridgehead atoms. The summed E-state index contributed by atoms with van der Waals surface area (Å²) in [7, 11) is 0. The van der Waals surface area contributed by atoms with Gasteiger partial charge in [-0.25, -0.2) is 0 Å². The molecule has 0 saturated heterocycles. The van der Waals surface area contributed by atoms with E-state index in [4.69, 9.17) is 4.74 Å². The van der Waals surface area contributed by atoms with E-state index in [0.717, 1.165) is 74.4 Å². The first-order chi connectivity index (χ1) is 19.6. The number of ether oxygens (including phenoxy) is 1. The molecule has 6 nitrogen and oxygen atoms in total. The number of allylic oxidation sites excluding steroid dienone is 4. The molecule has 0 spiro atoms. The molecule has 0 radical (unpaired) electrons. The summed E-state index contributed by atoms with van der Waals surface area (Å²) < 4.78 is 6.49. The van der Waals surface area contributed by atoms with Gasteiger partial charge in [0.1, 0.15) is 5.75 Å². The van der Waals surface area contributed by atoms with Gasteiger partial charge in [-0.15, -0.1) is 0 Å². The molecule has 0 aromatic heterocycles. The monoisotopic (exact) mass is 540 g/mol. The number of carbonyl (C=O) groups is 1. The Morgan fingerprint density at radius 3 is 2.73 bits per heavy atom. The minimum atomic E-state index is 0.0135. The Morgan fingerprint density at radius 2 is 1.90 bits per heavy atom. The number of para-hydroxylation sites is 2. The molecule has 1 amide bonds. The standard InChI is InChI=1S/C34H44N4O2/c1-4-18-37(19-5-2)20-8-22-40-33-24-28(11-13-29(33)26-12-14-30-27(23-26)15-17-35-30)34(39)38-21-16-25(3)36-31-9-6-7-10-32(31)38/h6-7,9-15,17,24-25,27,35-36H,4-5,8,16,18-23H2,1-3H3/t25-,27?/m0/s1. The summed E-state index contributed by atoms with van der Waals surface area (Å²) in [6, 6.07) is 14.4. The molecule has 2 aromatic carbocycles. The molecule has 2 aromatic rings. The van der Waals surface area contributed by atoms with E-state index >= 15 is 0 Å². The van der Waals surface area contributed by atoms with Crippen LogP contribution in [0.1, 0.15) is 68.8 Å². The number of carbonyl (C=O) groups excluding carboxylic acids is 1. The van der Waals surface area contributed by atoms with Crippen LogP contribution in [0.4, 0.5) is 11.4 Å². The average Bonchev–Trinajstić information content (AvgIpc) is 3.37. The van der Waals surface area contributed by atoms with Crippen molar-refractivity contribution in [1.82, 2.24) is 10.2 Å². The lowest BCUT2D eigenvalue weighted by atomic mass is 9.88. The van der Waals surface area contributed by atoms with E-state index in [1.807, 2.05) is 41.4 Å². The summed E-state index contributed by atoms with van der Waals surface area (Å²) >= 11 is 0. The van der Waals surface area contributed by atoms with Crippen LogP contribution >= 0.6 is 0 Å². The number of fused-ring (bicyclic) bond motifs is 2. The molecule has 3 aliphatic rings. The zero-order chi connectivity index (χ0) is 27.9. The number of hydrogen-bond donors (Lipinski definition) is 2. The lowest BCUT2D eigenvalue weighted by Gasteiger charge is -2.24. The molecule has 6 heteroatoms. The number of benzene rings is 2. The summed E-state index contributed by atoms with van der Waals surface area (Å²) in [5.41, 5.74) is 6.17. The van der Waals surface area contributed by atoms with Gasteiger partial charge in [-0.05, 0) is 94.2 Å². The first-order valence-electron chi connectivity index (χ1n) is 15.1. The van der Waals surface area contributed by atoms with Gasteiger partial charge in [-0.3, -0.25) is 4.79 Å². The molecule has 40 heavy (non-hydrogen) atoms. The van der Waals surface area contributed by atoms with Crippen LogP contribution in [0.15, 0.2) is 72.6 Å². The molecule has 1 unspecified atom stereocenters. The maximum Gasteiger partial charge on any atom is 0.258 e. The van der Waals surface area contributed by atoms with Gasteiger partial charge in [-0.1, -0.05) is 44.2 Å². The van der Waals surface area contributed by atoms with Crippen LogP contribution < -0.4 is 20.3 Å². The van der Waals surface area contributed by atoms with Gasteiger partial charge >= 0.3 is 0 Å². The normalized spacial score (nSPS) is 19.6. The number of nitrogens with one attached hydrogen (secondary N) is 2. The molecule has 0 fully saturated rings. The van der Waals surface area contributed by atoms with Crippen molar-refractivity contribution in [3.63, 3.8) is 0 Å². The highest BCUT2D eigenvalue weighted by molar-refractivity contribution is 6.08. The molecule has 5 rings (SSSR count). The maximum absolute atomic E-state index is 14.0. The largest absolute Gasteiger partial charge is 0.493 e. The second-order valence-corrected chi connectivity index (χ2v) is 11.2. The molecule has 2 aliphatic heterocycles. The lowest BCUT2D eigenvalue weighted by molar-refractivity contribution is 0.0986. The van der Waals surface area contributed by atoms with Crippen molar-refractivity contribution in [2.24, 2.45) is 5.92 Å². The topological polar surface area (TPSA) is 56.8 Å². The first kappa shape index (κ1) is 28.0. The van der Waals surface area contributed by atoms with Crippen LogP contribution in [0.2, 0.25) is 0 Å². The van der Waals surface area contributed by atoms with Crippen LogP contribution in [0.25, 0.3) is 5.57 Å². The van der Waals surface area contributed by atoms with Crippen LogP contribution in [0, 0.1) is 5.92 Å². The van der Waals surface area contributed by atoms with Crippen molar-refractivity contribution in [3.8, 4) is 5.75 Å². The second kappa shape index (κ2) is 13.2. The molecular formula is C34H44N4O2. The van der Waals surface area contributed by atoms with E-state index < -0.39 is 0 Å². The number of nitrogens with zero attached hydrogens (tertiary/aromatic N) is 2. The molecule has 0 saturated carbocycles. The highest BCUT2D eigenvalue weighted by atomic mass is 16.5. The Hall–Kier alpha value is -3.51. The third-order valence-electron chi connectivity index (χ3n) is 8.04. The van der Waals surface area contributed by atoms with Crippen LogP contribution in [0.3, 0.4) is 0 Å². The molecule has 2 N–H and O–H groups in total. The fourth-order valence-corrected chi connectivity index (χ4v) is 5.97. The summed E-state index contributed by atoms with van der Waals surface area (Å²) in [5.74, 6) is 1.18. The number of amides is 1. The second-order valence-electron chi connectivity index (χ2n) is 11.2. The van der Waals surface area contributed by atoms with E-state index in [9.17, 15) is 4.79 Å². The maximum atomic E-state index is 14.0. The summed E-state index contributed by atoms with van der Waals surface area (Å²) in [5, 5.41) is 6.90. The van der Waals surface area contributed by atoms with Crippen molar-refractivity contribution in [1.29, 1.82) is 0 Å². The lowest BCUT2D eigenvalue weighted by Crippen LogP contribution is -2.32. The third-order valence-corrected chi connectivity index (χ3v) is 8.04. The fraction of sp³-hybridized carbons (Fsp3) is 0.441. The third kappa shape index (κ3) is 6.44. The first-order valence-corrected chi connectivity index (χ1v) is 15.1. The van der Waals surface area contributed by atoms with Crippen LogP contribution in [-0.4, -0.2) is 49.6 Å². The molecule has 2 heterocycles. The van der Waals surface area contributed by atoms with Crippen LogP contribution in [0.5, 0.6) is 5.75 Å². The Morgan fingerprint density at radius 1 is 1.07 bits per heavy atom. The highest BCUT2D eigenvalue weighted by Crippen LogP contribution is 2.38. The summed E-state index contributed by atoms with van der Waals surface area (Å²) in [6.07, 6.45) is 13.7. The van der Waals surface area contributed by atoms with Gasteiger partial charge in [0, 0.05) is 41.9 Å².